The van der Waals surface area contributed by atoms with Crippen molar-refractivity contribution in [1.29, 1.82) is 0 Å². The van der Waals surface area contributed by atoms with Gasteiger partial charge in [-0.3, -0.25) is 10.1 Å². The van der Waals surface area contributed by atoms with Crippen molar-refractivity contribution in [2.24, 2.45) is 0 Å². The van der Waals surface area contributed by atoms with Gasteiger partial charge < -0.3 is 15.5 Å². The summed E-state index contributed by atoms with van der Waals surface area (Å²) in [5, 5.41) is 17.5. The lowest BCUT2D eigenvalue weighted by atomic mass is 10.1. The molecule has 0 unspecified atom stereocenters. The number of nitrogens with zero attached hydrogens (tertiary/aromatic N) is 2. The predicted molar refractivity (Wildman–Crippen MR) is 83.0 cm³/mol. The Morgan fingerprint density at radius 3 is 2.75 bits per heavy atom. The molecule has 7 heteroatoms. The van der Waals surface area contributed by atoms with Crippen LogP contribution >= 0.6 is 12.2 Å². The Labute approximate surface area is 123 Å². The first kappa shape index (κ1) is 14.7. The molecule has 1 atom stereocenters. The van der Waals surface area contributed by atoms with Gasteiger partial charge >= 0.3 is 0 Å². The maximum Gasteiger partial charge on any atom is 0.269 e. The second-order valence-electron chi connectivity index (χ2n) is 5.00. The highest BCUT2D eigenvalue weighted by Crippen LogP contribution is 2.15. The van der Waals surface area contributed by atoms with Crippen LogP contribution in [-0.2, 0) is 0 Å². The van der Waals surface area contributed by atoms with Gasteiger partial charge in [0.1, 0.15) is 0 Å². The fraction of sp³-hybridized carbons (Fsp3) is 0.462. The van der Waals surface area contributed by atoms with E-state index in [9.17, 15) is 10.1 Å². The molecule has 0 aliphatic carbocycles. The average Bonchev–Trinajstić information content (AvgIpc) is 2.39. The monoisotopic (exact) mass is 294 g/mol. The van der Waals surface area contributed by atoms with Crippen LogP contribution in [0.25, 0.3) is 0 Å². The van der Waals surface area contributed by atoms with Gasteiger partial charge in [0.2, 0.25) is 0 Å². The summed E-state index contributed by atoms with van der Waals surface area (Å²) in [6.45, 7) is 2.10. The molecule has 1 aliphatic heterocycles. The number of hydrogen-bond acceptors (Lipinski definition) is 4. The number of anilines is 1. The smallest absolute Gasteiger partial charge is 0.269 e. The molecule has 0 bridgehead atoms. The number of thiocarbonyl (C=S) groups is 1. The number of nitrogens with one attached hydrogen (secondary N) is 2. The van der Waals surface area contributed by atoms with Gasteiger partial charge in [0, 0.05) is 30.4 Å². The summed E-state index contributed by atoms with van der Waals surface area (Å²) < 4.78 is 0. The molecule has 2 rings (SSSR count). The Morgan fingerprint density at radius 2 is 2.15 bits per heavy atom. The number of piperidine rings is 1. The van der Waals surface area contributed by atoms with Crippen molar-refractivity contribution in [1.82, 2.24) is 10.2 Å². The first-order chi connectivity index (χ1) is 9.54. The number of likely N-dealkylation sites (tertiary alicyclic amines) is 1. The number of rotatable bonds is 3. The average molecular weight is 294 g/mol. The molecule has 1 heterocycles. The normalized spacial score (nSPS) is 19.4. The molecular weight excluding hydrogens is 276 g/mol. The first-order valence-corrected chi connectivity index (χ1v) is 6.96. The molecule has 1 aromatic rings. The van der Waals surface area contributed by atoms with Crippen molar-refractivity contribution in [3.8, 4) is 0 Å². The van der Waals surface area contributed by atoms with Crippen LogP contribution in [-0.4, -0.2) is 41.1 Å². The Morgan fingerprint density at radius 1 is 1.45 bits per heavy atom. The molecular formula is C13H18N4O2S. The molecule has 0 aromatic heterocycles. The molecule has 1 fully saturated rings. The van der Waals surface area contributed by atoms with E-state index in [1.807, 2.05) is 0 Å². The third-order valence-corrected chi connectivity index (χ3v) is 3.52. The number of hydrogen-bond donors (Lipinski definition) is 2. The third kappa shape index (κ3) is 4.14. The van der Waals surface area contributed by atoms with Crippen LogP contribution in [0.5, 0.6) is 0 Å². The molecule has 2 N–H and O–H groups in total. The minimum atomic E-state index is -0.418. The highest BCUT2D eigenvalue weighted by atomic mass is 32.1. The van der Waals surface area contributed by atoms with E-state index in [0.29, 0.717) is 11.2 Å². The summed E-state index contributed by atoms with van der Waals surface area (Å²) in [6.07, 6.45) is 2.26. The number of likely N-dealkylation sites (N-methyl/N-ethyl adjacent to an activating group) is 1. The lowest BCUT2D eigenvalue weighted by molar-refractivity contribution is -0.384. The quantitative estimate of drug-likeness (QED) is 0.504. The standard InChI is InChI=1S/C13H18N4O2S/c1-16-8-2-3-11(9-16)15-13(20)14-10-4-6-12(7-5-10)17(18)19/h4-7,11H,2-3,8-9H2,1H3,(H2,14,15,20)/t11-/m0/s1. The van der Waals surface area contributed by atoms with Crippen LogP contribution in [0.3, 0.4) is 0 Å². The number of benzene rings is 1. The summed E-state index contributed by atoms with van der Waals surface area (Å²) in [5.41, 5.74) is 0.820. The highest BCUT2D eigenvalue weighted by molar-refractivity contribution is 7.80. The van der Waals surface area contributed by atoms with Crippen molar-refractivity contribution in [2.45, 2.75) is 18.9 Å². The number of nitro benzene ring substituents is 1. The van der Waals surface area contributed by atoms with Crippen LogP contribution in [0.4, 0.5) is 11.4 Å². The van der Waals surface area contributed by atoms with E-state index in [1.165, 1.54) is 12.1 Å². The van der Waals surface area contributed by atoms with Crippen molar-refractivity contribution >= 4 is 28.7 Å². The van der Waals surface area contributed by atoms with Gasteiger partial charge in [0.25, 0.3) is 5.69 Å². The van der Waals surface area contributed by atoms with Gasteiger partial charge in [-0.1, -0.05) is 0 Å². The van der Waals surface area contributed by atoms with Gasteiger partial charge in [0.15, 0.2) is 5.11 Å². The lowest BCUT2D eigenvalue weighted by Crippen LogP contribution is -2.47. The van der Waals surface area contributed by atoms with E-state index >= 15 is 0 Å². The maximum atomic E-state index is 10.6. The Kier molecular flexibility index (Phi) is 4.86. The molecule has 0 radical (unpaired) electrons. The number of nitro groups is 1. The van der Waals surface area contributed by atoms with Gasteiger partial charge in [-0.25, -0.2) is 0 Å². The van der Waals surface area contributed by atoms with Crippen molar-refractivity contribution < 1.29 is 4.92 Å². The van der Waals surface area contributed by atoms with Crippen molar-refractivity contribution in [2.75, 3.05) is 25.5 Å². The summed E-state index contributed by atoms with van der Waals surface area (Å²) in [6, 6.07) is 6.57. The SMILES string of the molecule is CN1CCC[C@H](NC(=S)Nc2ccc([N+](=O)[O-])cc2)C1. The second-order valence-corrected chi connectivity index (χ2v) is 5.41. The zero-order valence-corrected chi connectivity index (χ0v) is 12.2. The van der Waals surface area contributed by atoms with E-state index in [-0.39, 0.29) is 5.69 Å². The molecule has 1 aliphatic rings. The van der Waals surface area contributed by atoms with Gasteiger partial charge in [-0.05, 0) is 50.8 Å². The Balaban J connectivity index is 1.86. The molecule has 0 saturated carbocycles. The maximum absolute atomic E-state index is 10.6. The zero-order valence-electron chi connectivity index (χ0n) is 11.3. The van der Waals surface area contributed by atoms with Crippen LogP contribution in [0, 0.1) is 10.1 Å². The lowest BCUT2D eigenvalue weighted by Gasteiger charge is -2.31. The summed E-state index contributed by atoms with van der Waals surface area (Å²) in [5.74, 6) is 0. The molecule has 6 nitrogen and oxygen atoms in total. The van der Waals surface area contributed by atoms with E-state index in [1.54, 1.807) is 12.1 Å². The molecule has 1 aromatic carbocycles. The topological polar surface area (TPSA) is 70.4 Å². The fourth-order valence-electron chi connectivity index (χ4n) is 2.30. The van der Waals surface area contributed by atoms with Gasteiger partial charge in [-0.2, -0.15) is 0 Å². The third-order valence-electron chi connectivity index (χ3n) is 3.30. The molecule has 0 spiro atoms. The summed E-state index contributed by atoms with van der Waals surface area (Å²) in [4.78, 5) is 12.4. The van der Waals surface area contributed by atoms with Crippen molar-refractivity contribution in [3.05, 3.63) is 34.4 Å². The largest absolute Gasteiger partial charge is 0.358 e. The molecule has 108 valence electrons. The minimum absolute atomic E-state index is 0.0725. The van der Waals surface area contributed by atoms with E-state index < -0.39 is 4.92 Å². The second kappa shape index (κ2) is 6.62. The first-order valence-electron chi connectivity index (χ1n) is 6.55. The Bertz CT molecular complexity index is 492. The molecule has 20 heavy (non-hydrogen) atoms. The predicted octanol–water partition coefficient (Wildman–Crippen LogP) is 1.98. The van der Waals surface area contributed by atoms with Crippen molar-refractivity contribution in [3.63, 3.8) is 0 Å². The Hall–Kier alpha value is -1.73. The van der Waals surface area contributed by atoms with Crippen LogP contribution < -0.4 is 10.6 Å². The fourth-order valence-corrected chi connectivity index (χ4v) is 2.59. The number of non-ortho nitro benzene ring substituents is 1. The summed E-state index contributed by atoms with van der Waals surface area (Å²) in [7, 11) is 2.10. The molecule has 0 amide bonds. The van der Waals surface area contributed by atoms with E-state index in [4.69, 9.17) is 12.2 Å². The van der Waals surface area contributed by atoms with Crippen LogP contribution in [0.15, 0.2) is 24.3 Å². The molecule has 1 saturated heterocycles. The van der Waals surface area contributed by atoms with E-state index in [0.717, 1.165) is 31.6 Å². The zero-order chi connectivity index (χ0) is 14.5. The van der Waals surface area contributed by atoms with Gasteiger partial charge in [0.05, 0.1) is 4.92 Å². The van der Waals surface area contributed by atoms with E-state index in [2.05, 4.69) is 22.6 Å². The summed E-state index contributed by atoms with van der Waals surface area (Å²) >= 11 is 5.27. The van der Waals surface area contributed by atoms with Crippen LogP contribution in [0.2, 0.25) is 0 Å². The van der Waals surface area contributed by atoms with Crippen LogP contribution in [0.1, 0.15) is 12.8 Å². The minimum Gasteiger partial charge on any atom is -0.358 e. The van der Waals surface area contributed by atoms with Gasteiger partial charge in [-0.15, -0.1) is 0 Å². The highest BCUT2D eigenvalue weighted by Gasteiger charge is 2.17.